The van der Waals surface area contributed by atoms with Crippen molar-refractivity contribution in [2.24, 2.45) is 0 Å². The number of carbonyl (C=O) groups is 1. The first kappa shape index (κ1) is 14.3. The third-order valence-corrected chi connectivity index (χ3v) is 4.98. The maximum Gasteiger partial charge on any atom is 0.162 e. The molecule has 1 aliphatic heterocycles. The smallest absolute Gasteiger partial charge is 0.162 e. The van der Waals surface area contributed by atoms with Gasteiger partial charge in [-0.3, -0.25) is 4.79 Å². The molecule has 5 heteroatoms. The Balaban J connectivity index is 1.58. The molecule has 1 heterocycles. The van der Waals surface area contributed by atoms with Gasteiger partial charge in [0.25, 0.3) is 0 Å². The summed E-state index contributed by atoms with van der Waals surface area (Å²) in [5.41, 5.74) is -0.978. The number of ketones is 1. The minimum Gasteiger partial charge on any atom is -0.385 e. The predicted octanol–water partition coefficient (Wildman–Crippen LogP) is 4.43. The van der Waals surface area contributed by atoms with Crippen molar-refractivity contribution in [2.45, 2.75) is 31.3 Å². The molecule has 1 aliphatic rings. The van der Waals surface area contributed by atoms with Crippen molar-refractivity contribution in [3.8, 4) is 0 Å². The Labute approximate surface area is 164 Å². The second-order valence-corrected chi connectivity index (χ2v) is 6.97. The van der Waals surface area contributed by atoms with E-state index in [9.17, 15) is 14.3 Å². The maximum atomic E-state index is 13.0. The number of nitrogens with zero attached hydrogens (tertiary/aromatic N) is 1. The summed E-state index contributed by atoms with van der Waals surface area (Å²) >= 11 is 5.85. The molecule has 0 aliphatic carbocycles. The molecule has 0 unspecified atom stereocenters. The van der Waals surface area contributed by atoms with E-state index in [1.165, 1.54) is 24.3 Å². The molecule has 2 aromatic carbocycles. The summed E-state index contributed by atoms with van der Waals surface area (Å²) in [7, 11) is 0. The lowest BCUT2D eigenvalue weighted by atomic mass is 9.84. The van der Waals surface area contributed by atoms with Crippen LogP contribution < -0.4 is 0 Å². The van der Waals surface area contributed by atoms with Gasteiger partial charge in [0.05, 0.1) is 11.1 Å². The molecule has 3 rings (SSSR count). The molecule has 0 atom stereocenters. The molecule has 1 N–H and O–H groups in total. The summed E-state index contributed by atoms with van der Waals surface area (Å²) < 4.78 is 45.0. The van der Waals surface area contributed by atoms with Crippen LogP contribution in [0, 0.1) is 5.82 Å². The lowest BCUT2D eigenvalue weighted by Gasteiger charge is -2.38. The minimum absolute atomic E-state index is 0.00645. The van der Waals surface area contributed by atoms with Crippen LogP contribution in [0.2, 0.25) is 5.02 Å². The van der Waals surface area contributed by atoms with Crippen molar-refractivity contribution < 1.29 is 19.8 Å². The molecule has 1 fully saturated rings. The molecule has 3 nitrogen and oxygen atoms in total. The number of benzene rings is 2. The van der Waals surface area contributed by atoms with Crippen molar-refractivity contribution >= 4 is 17.4 Å². The Bertz CT molecular complexity index is 918. The Morgan fingerprint density at radius 1 is 1.19 bits per heavy atom. The minimum atomic E-state index is -1.45. The van der Waals surface area contributed by atoms with Crippen LogP contribution in [-0.4, -0.2) is 35.4 Å². The zero-order valence-corrected chi connectivity index (χ0v) is 15.1. The number of hydrogen-bond acceptors (Lipinski definition) is 3. The van der Waals surface area contributed by atoms with Crippen LogP contribution in [-0.2, 0) is 5.60 Å². The van der Waals surface area contributed by atoms with E-state index in [2.05, 4.69) is 4.90 Å². The van der Waals surface area contributed by atoms with Crippen LogP contribution in [0.25, 0.3) is 0 Å². The van der Waals surface area contributed by atoms with Gasteiger partial charge in [-0.15, -0.1) is 0 Å². The van der Waals surface area contributed by atoms with Crippen molar-refractivity contribution in [1.29, 1.82) is 0 Å². The Kier molecular flexibility index (Phi) is 4.57. The average molecular weight is 380 g/mol. The van der Waals surface area contributed by atoms with Crippen LogP contribution in [0.15, 0.2) is 48.4 Å². The van der Waals surface area contributed by atoms with Gasteiger partial charge in [-0.05, 0) is 67.7 Å². The molecule has 2 aromatic rings. The fourth-order valence-corrected chi connectivity index (χ4v) is 3.26. The highest BCUT2D eigenvalue weighted by atomic mass is 35.5. The quantitative estimate of drug-likeness (QED) is 0.755. The second kappa shape index (κ2) is 8.30. The maximum absolute atomic E-state index is 13.0. The number of hydrogen-bond donors (Lipinski definition) is 1. The van der Waals surface area contributed by atoms with Crippen LogP contribution in [0.1, 0.15) is 47.1 Å². The fourth-order valence-electron chi connectivity index (χ4n) is 3.17. The molecule has 26 heavy (non-hydrogen) atoms. The molecular weight excluding hydrogens is 353 g/mol. The predicted molar refractivity (Wildman–Crippen MR) is 101 cm³/mol. The fraction of sp³-hybridized carbons (Fsp3) is 0.381. The van der Waals surface area contributed by atoms with Crippen LogP contribution in [0.5, 0.6) is 0 Å². The molecule has 0 aromatic heterocycles. The first-order valence-corrected chi connectivity index (χ1v) is 9.01. The van der Waals surface area contributed by atoms with Gasteiger partial charge in [0.15, 0.2) is 5.78 Å². The van der Waals surface area contributed by atoms with Gasteiger partial charge < -0.3 is 10.0 Å². The first-order valence-electron chi connectivity index (χ1n) is 10.6. The zero-order chi connectivity index (χ0) is 22.1. The SMILES string of the molecule is [2H]c1c([2H])c(C2(O)CCN(CCCC(=O)c3ccc(F)cc3)CC2)c([2H])c([2H])c1Cl. The largest absolute Gasteiger partial charge is 0.385 e. The number of piperidine rings is 1. The zero-order valence-electron chi connectivity index (χ0n) is 18.3. The lowest BCUT2D eigenvalue weighted by Crippen LogP contribution is -2.42. The van der Waals surface area contributed by atoms with Gasteiger partial charge in [-0.25, -0.2) is 4.39 Å². The normalized spacial score (nSPS) is 19.3. The van der Waals surface area contributed by atoms with Gasteiger partial charge in [-0.2, -0.15) is 0 Å². The topological polar surface area (TPSA) is 40.5 Å². The first-order chi connectivity index (χ1) is 14.1. The summed E-state index contributed by atoms with van der Waals surface area (Å²) in [6, 6.07) is 4.18. The van der Waals surface area contributed by atoms with E-state index in [0.717, 1.165) is 0 Å². The van der Waals surface area contributed by atoms with E-state index < -0.39 is 5.60 Å². The van der Waals surface area contributed by atoms with Gasteiger partial charge in [0.2, 0.25) is 0 Å². The lowest BCUT2D eigenvalue weighted by molar-refractivity contribution is -0.0260. The van der Waals surface area contributed by atoms with E-state index in [1.807, 2.05) is 0 Å². The van der Waals surface area contributed by atoms with Crippen molar-refractivity contribution in [2.75, 3.05) is 19.6 Å². The molecule has 0 spiro atoms. The van der Waals surface area contributed by atoms with Gasteiger partial charge >= 0.3 is 0 Å². The van der Waals surface area contributed by atoms with Gasteiger partial charge in [-0.1, -0.05) is 23.7 Å². The van der Waals surface area contributed by atoms with Crippen molar-refractivity contribution in [3.05, 3.63) is 70.4 Å². The van der Waals surface area contributed by atoms with Crippen LogP contribution >= 0.6 is 11.6 Å². The van der Waals surface area contributed by atoms with Crippen LogP contribution in [0.3, 0.4) is 0 Å². The number of carbonyl (C=O) groups excluding carboxylic acids is 1. The summed E-state index contributed by atoms with van der Waals surface area (Å²) in [5.74, 6) is -0.428. The third-order valence-electron chi connectivity index (χ3n) is 4.79. The highest BCUT2D eigenvalue weighted by Gasteiger charge is 2.33. The number of Topliss-reactive ketones (excluding diaryl/α,β-unsaturated/α-hetero) is 1. The molecule has 0 radical (unpaired) electrons. The number of aliphatic hydroxyl groups is 1. The van der Waals surface area contributed by atoms with E-state index >= 15 is 0 Å². The van der Waals surface area contributed by atoms with E-state index in [1.54, 1.807) is 0 Å². The average Bonchev–Trinajstić information content (AvgIpc) is 2.73. The molecular formula is C21H23ClFNO2. The summed E-state index contributed by atoms with van der Waals surface area (Å²) in [5, 5.41) is 10.8. The monoisotopic (exact) mass is 379 g/mol. The number of rotatable bonds is 6. The molecule has 1 saturated heterocycles. The Morgan fingerprint density at radius 3 is 2.42 bits per heavy atom. The third kappa shape index (κ3) is 4.70. The van der Waals surface area contributed by atoms with Gasteiger partial charge in [0.1, 0.15) is 5.82 Å². The van der Waals surface area contributed by atoms with E-state index in [0.29, 0.717) is 38.0 Å². The second-order valence-electron chi connectivity index (χ2n) is 6.60. The standard InChI is InChI=1S/C21H23ClFNO2/c22-18-7-5-17(6-8-18)21(26)11-14-24(15-12-21)13-1-2-20(25)16-3-9-19(23)10-4-16/h3-10,26H,1-2,11-15H2/i5D,6D,7D,8D. The van der Waals surface area contributed by atoms with E-state index in [-0.39, 0.29) is 59.2 Å². The van der Waals surface area contributed by atoms with Gasteiger partial charge in [0, 0.05) is 30.1 Å². The number of halogens is 2. The molecule has 138 valence electrons. The highest BCUT2D eigenvalue weighted by molar-refractivity contribution is 6.30. The van der Waals surface area contributed by atoms with Crippen molar-refractivity contribution in [3.63, 3.8) is 0 Å². The molecule has 0 saturated carbocycles. The highest BCUT2D eigenvalue weighted by Crippen LogP contribution is 2.33. The molecule has 0 amide bonds. The summed E-state index contributed by atoms with van der Waals surface area (Å²) in [4.78, 5) is 14.3. The number of likely N-dealkylation sites (tertiary alicyclic amines) is 1. The van der Waals surface area contributed by atoms with Crippen molar-refractivity contribution in [1.82, 2.24) is 4.90 Å². The Morgan fingerprint density at radius 2 is 1.81 bits per heavy atom. The summed E-state index contributed by atoms with van der Waals surface area (Å²) in [6.07, 6.45) is 1.48. The van der Waals surface area contributed by atoms with E-state index in [4.69, 9.17) is 17.1 Å². The molecule has 0 bridgehead atoms. The Hall–Kier alpha value is -1.75. The summed E-state index contributed by atoms with van der Waals surface area (Å²) in [6.45, 7) is 1.66. The van der Waals surface area contributed by atoms with Crippen LogP contribution in [0.4, 0.5) is 4.39 Å².